The van der Waals surface area contributed by atoms with Crippen molar-refractivity contribution >= 4 is 17.5 Å². The van der Waals surface area contributed by atoms with E-state index < -0.39 is 0 Å². The van der Waals surface area contributed by atoms with Crippen LogP contribution in [0.4, 0.5) is 5.69 Å². The Kier molecular flexibility index (Phi) is 5.54. The van der Waals surface area contributed by atoms with Crippen molar-refractivity contribution in [3.05, 3.63) is 47.0 Å². The summed E-state index contributed by atoms with van der Waals surface area (Å²) in [5.74, 6) is 2.15. The summed E-state index contributed by atoms with van der Waals surface area (Å²) < 4.78 is 22.0. The SMILES string of the molecule is CCC(=Cc1ccc2c(c1OC)OCCO2)C(=O)c1ccc(N)c(OC)c1. The Labute approximate surface area is 158 Å². The summed E-state index contributed by atoms with van der Waals surface area (Å²) in [6.07, 6.45) is 2.38. The predicted molar refractivity (Wildman–Crippen MR) is 104 cm³/mol. The molecule has 2 N–H and O–H groups in total. The number of ketones is 1. The van der Waals surface area contributed by atoms with Crippen LogP contribution >= 0.6 is 0 Å². The van der Waals surface area contributed by atoms with Crippen molar-refractivity contribution < 1.29 is 23.7 Å². The Balaban J connectivity index is 2.00. The monoisotopic (exact) mass is 369 g/mol. The van der Waals surface area contributed by atoms with Gasteiger partial charge in [0.25, 0.3) is 0 Å². The second-order valence-electron chi connectivity index (χ2n) is 6.02. The molecule has 0 spiro atoms. The number of ether oxygens (including phenoxy) is 4. The molecule has 0 amide bonds. The molecule has 1 aliphatic heterocycles. The molecule has 2 aromatic carbocycles. The number of nitrogens with two attached hydrogens (primary N) is 1. The van der Waals surface area contributed by atoms with Gasteiger partial charge in [0.1, 0.15) is 19.0 Å². The number of carbonyl (C=O) groups is 1. The molecule has 0 fully saturated rings. The summed E-state index contributed by atoms with van der Waals surface area (Å²) in [6, 6.07) is 8.71. The van der Waals surface area contributed by atoms with Gasteiger partial charge in [0.2, 0.25) is 5.75 Å². The number of hydrogen-bond donors (Lipinski definition) is 1. The molecular weight excluding hydrogens is 346 g/mol. The number of Topliss-reactive ketones (excluding diaryl/α,β-unsaturated/α-hetero) is 1. The largest absolute Gasteiger partial charge is 0.495 e. The molecule has 0 atom stereocenters. The summed E-state index contributed by atoms with van der Waals surface area (Å²) in [5, 5.41) is 0. The van der Waals surface area contributed by atoms with Crippen LogP contribution in [0, 0.1) is 0 Å². The maximum absolute atomic E-state index is 13.0. The van der Waals surface area contributed by atoms with Crippen molar-refractivity contribution in [2.45, 2.75) is 13.3 Å². The van der Waals surface area contributed by atoms with Gasteiger partial charge in [0.15, 0.2) is 17.3 Å². The van der Waals surface area contributed by atoms with Crippen molar-refractivity contribution in [2.75, 3.05) is 33.2 Å². The van der Waals surface area contributed by atoms with E-state index in [1.54, 1.807) is 25.3 Å². The second-order valence-corrected chi connectivity index (χ2v) is 6.02. The van der Waals surface area contributed by atoms with Gasteiger partial charge in [-0.15, -0.1) is 0 Å². The summed E-state index contributed by atoms with van der Waals surface area (Å²) in [4.78, 5) is 13.0. The van der Waals surface area contributed by atoms with Gasteiger partial charge in [0.05, 0.1) is 19.9 Å². The van der Waals surface area contributed by atoms with Crippen LogP contribution in [-0.2, 0) is 0 Å². The van der Waals surface area contributed by atoms with E-state index in [-0.39, 0.29) is 5.78 Å². The van der Waals surface area contributed by atoms with Gasteiger partial charge in [-0.1, -0.05) is 6.92 Å². The minimum Gasteiger partial charge on any atom is -0.495 e. The molecule has 142 valence electrons. The second kappa shape index (κ2) is 8.03. The molecule has 0 aliphatic carbocycles. The smallest absolute Gasteiger partial charge is 0.204 e. The van der Waals surface area contributed by atoms with E-state index in [0.29, 0.717) is 59.5 Å². The summed E-state index contributed by atoms with van der Waals surface area (Å²) in [6.45, 7) is 2.90. The Morgan fingerprint density at radius 3 is 2.63 bits per heavy atom. The molecule has 1 aliphatic rings. The van der Waals surface area contributed by atoms with E-state index in [0.717, 1.165) is 5.56 Å². The average Bonchev–Trinajstić information content (AvgIpc) is 2.71. The number of nitrogen functional groups attached to an aromatic ring is 1. The zero-order chi connectivity index (χ0) is 19.4. The van der Waals surface area contributed by atoms with Crippen molar-refractivity contribution in [2.24, 2.45) is 0 Å². The standard InChI is InChI=1S/C21H23NO5/c1-4-13(19(23)14-5-7-16(22)18(12-14)24-2)11-15-6-8-17-21(20(15)25-3)27-10-9-26-17/h5-8,11-12H,4,9-10,22H2,1-3H3. The van der Waals surface area contributed by atoms with Gasteiger partial charge in [0, 0.05) is 16.7 Å². The third-order valence-corrected chi connectivity index (χ3v) is 4.40. The fourth-order valence-corrected chi connectivity index (χ4v) is 2.98. The highest BCUT2D eigenvalue weighted by Gasteiger charge is 2.21. The Hall–Kier alpha value is -3.15. The number of fused-ring (bicyclic) bond motifs is 1. The lowest BCUT2D eigenvalue weighted by Gasteiger charge is -2.21. The summed E-state index contributed by atoms with van der Waals surface area (Å²) in [5.41, 5.74) is 8.25. The third kappa shape index (κ3) is 3.69. The van der Waals surface area contributed by atoms with Crippen LogP contribution in [0.25, 0.3) is 6.08 Å². The van der Waals surface area contributed by atoms with Gasteiger partial charge in [-0.25, -0.2) is 0 Å². The highest BCUT2D eigenvalue weighted by atomic mass is 16.6. The quantitative estimate of drug-likeness (QED) is 0.475. The van der Waals surface area contributed by atoms with Gasteiger partial charge < -0.3 is 24.7 Å². The molecule has 0 bridgehead atoms. The van der Waals surface area contributed by atoms with Crippen LogP contribution in [0.5, 0.6) is 23.0 Å². The minimum atomic E-state index is -0.0901. The normalized spacial score (nSPS) is 13.2. The Morgan fingerprint density at radius 1 is 1.15 bits per heavy atom. The van der Waals surface area contributed by atoms with Crippen molar-refractivity contribution in [3.63, 3.8) is 0 Å². The first kappa shape index (κ1) is 18.6. The van der Waals surface area contributed by atoms with Gasteiger partial charge in [-0.3, -0.25) is 4.79 Å². The molecule has 6 nitrogen and oxygen atoms in total. The van der Waals surface area contributed by atoms with Crippen molar-refractivity contribution in [1.29, 1.82) is 0 Å². The molecule has 0 unspecified atom stereocenters. The number of methoxy groups -OCH3 is 2. The average molecular weight is 369 g/mol. The van der Waals surface area contributed by atoms with Crippen LogP contribution in [-0.4, -0.2) is 33.2 Å². The molecule has 1 heterocycles. The number of benzene rings is 2. The predicted octanol–water partition coefficient (Wildman–Crippen LogP) is 3.73. The number of allylic oxidation sites excluding steroid dienone is 1. The van der Waals surface area contributed by atoms with Crippen LogP contribution in [0.3, 0.4) is 0 Å². The van der Waals surface area contributed by atoms with Gasteiger partial charge >= 0.3 is 0 Å². The molecule has 0 saturated carbocycles. The zero-order valence-electron chi connectivity index (χ0n) is 15.7. The summed E-state index contributed by atoms with van der Waals surface area (Å²) in [7, 11) is 3.10. The van der Waals surface area contributed by atoms with Crippen LogP contribution in [0.2, 0.25) is 0 Å². The van der Waals surface area contributed by atoms with Crippen LogP contribution in [0.1, 0.15) is 29.3 Å². The highest BCUT2D eigenvalue weighted by molar-refractivity contribution is 6.11. The minimum absolute atomic E-state index is 0.0901. The third-order valence-electron chi connectivity index (χ3n) is 4.40. The summed E-state index contributed by atoms with van der Waals surface area (Å²) >= 11 is 0. The van der Waals surface area contributed by atoms with E-state index in [1.807, 2.05) is 25.1 Å². The molecule has 3 rings (SSSR count). The molecule has 0 radical (unpaired) electrons. The van der Waals surface area contributed by atoms with E-state index in [2.05, 4.69) is 0 Å². The Bertz CT molecular complexity index is 888. The first-order valence-electron chi connectivity index (χ1n) is 8.74. The maximum atomic E-state index is 13.0. The fourth-order valence-electron chi connectivity index (χ4n) is 2.98. The molecule has 0 aromatic heterocycles. The number of carbonyl (C=O) groups excluding carboxylic acids is 1. The topological polar surface area (TPSA) is 80.0 Å². The van der Waals surface area contributed by atoms with Crippen molar-refractivity contribution in [1.82, 2.24) is 0 Å². The number of rotatable bonds is 6. The lowest BCUT2D eigenvalue weighted by molar-refractivity contribution is 0.103. The molecule has 0 saturated heterocycles. The van der Waals surface area contributed by atoms with E-state index in [9.17, 15) is 4.79 Å². The highest BCUT2D eigenvalue weighted by Crippen LogP contribution is 2.42. The van der Waals surface area contributed by atoms with E-state index >= 15 is 0 Å². The van der Waals surface area contributed by atoms with Crippen molar-refractivity contribution in [3.8, 4) is 23.0 Å². The molecule has 6 heteroatoms. The Morgan fingerprint density at radius 2 is 1.93 bits per heavy atom. The lowest BCUT2D eigenvalue weighted by Crippen LogP contribution is -2.16. The molecular formula is C21H23NO5. The maximum Gasteiger partial charge on any atom is 0.204 e. The fraction of sp³-hybridized carbons (Fsp3) is 0.286. The number of anilines is 1. The first-order valence-corrected chi connectivity index (χ1v) is 8.74. The zero-order valence-corrected chi connectivity index (χ0v) is 15.7. The number of hydrogen-bond acceptors (Lipinski definition) is 6. The lowest BCUT2D eigenvalue weighted by atomic mass is 9.98. The van der Waals surface area contributed by atoms with E-state index in [1.165, 1.54) is 7.11 Å². The molecule has 2 aromatic rings. The van der Waals surface area contributed by atoms with Crippen LogP contribution in [0.15, 0.2) is 35.9 Å². The van der Waals surface area contributed by atoms with Crippen LogP contribution < -0.4 is 24.7 Å². The molecule has 27 heavy (non-hydrogen) atoms. The van der Waals surface area contributed by atoms with E-state index in [4.69, 9.17) is 24.7 Å². The van der Waals surface area contributed by atoms with Gasteiger partial charge in [-0.2, -0.15) is 0 Å². The first-order chi connectivity index (χ1) is 13.1. The van der Waals surface area contributed by atoms with Gasteiger partial charge in [-0.05, 0) is 42.8 Å².